The smallest absolute Gasteiger partial charge is 0.0943 e. The summed E-state index contributed by atoms with van der Waals surface area (Å²) in [4.78, 5) is 4.99. The number of methoxy groups -OCH3 is 1. The SMILES string of the molecule is CC/C(C#N)=C\CSC1=CC(C)(C)c2cc(N(C)CCOC)sc21. The number of thiophene rings is 1. The Morgan fingerprint density at radius 1 is 1.50 bits per heavy atom. The molecule has 0 fully saturated rings. The zero-order chi connectivity index (χ0) is 17.7. The molecule has 0 spiro atoms. The Morgan fingerprint density at radius 2 is 2.25 bits per heavy atom. The minimum absolute atomic E-state index is 0.0705. The first-order valence-electron chi connectivity index (χ1n) is 8.22. The summed E-state index contributed by atoms with van der Waals surface area (Å²) >= 11 is 3.69. The highest BCUT2D eigenvalue weighted by atomic mass is 32.2. The van der Waals surface area contributed by atoms with Crippen LogP contribution in [-0.4, -0.2) is 33.1 Å². The van der Waals surface area contributed by atoms with Gasteiger partial charge in [0.15, 0.2) is 0 Å². The van der Waals surface area contributed by atoms with Gasteiger partial charge in [0.25, 0.3) is 0 Å². The molecule has 0 aliphatic heterocycles. The van der Waals surface area contributed by atoms with Crippen LogP contribution in [0.1, 0.15) is 37.6 Å². The normalized spacial score (nSPS) is 15.8. The van der Waals surface area contributed by atoms with Gasteiger partial charge in [-0.05, 0) is 18.1 Å². The molecule has 0 saturated heterocycles. The molecule has 0 radical (unpaired) electrons. The quantitative estimate of drug-likeness (QED) is 0.606. The number of thioether (sulfide) groups is 1. The molecule has 0 N–H and O–H groups in total. The van der Waals surface area contributed by atoms with E-state index in [0.717, 1.165) is 30.9 Å². The van der Waals surface area contributed by atoms with Gasteiger partial charge in [-0.1, -0.05) is 32.9 Å². The van der Waals surface area contributed by atoms with E-state index in [0.29, 0.717) is 0 Å². The van der Waals surface area contributed by atoms with Crippen molar-refractivity contribution in [1.29, 1.82) is 5.26 Å². The molecule has 1 aromatic heterocycles. The van der Waals surface area contributed by atoms with Crippen LogP contribution < -0.4 is 4.90 Å². The first-order valence-corrected chi connectivity index (χ1v) is 10.0. The van der Waals surface area contributed by atoms with Crippen molar-refractivity contribution in [2.45, 2.75) is 32.6 Å². The number of hydrogen-bond acceptors (Lipinski definition) is 5. The Morgan fingerprint density at radius 3 is 2.88 bits per heavy atom. The zero-order valence-electron chi connectivity index (χ0n) is 15.2. The molecule has 1 aliphatic rings. The fraction of sp³-hybridized carbons (Fsp3) is 0.526. The number of anilines is 1. The van der Waals surface area contributed by atoms with Crippen molar-refractivity contribution in [3.05, 3.63) is 34.2 Å². The standard InChI is InChI=1S/C19H26N2OS2/c1-6-14(13-20)7-10-23-16-12-19(2,3)15-11-17(24-18(15)16)21(4)8-9-22-5/h7,11-12H,6,8-10H2,1-5H3/b14-7+. The number of nitriles is 1. The van der Waals surface area contributed by atoms with E-state index in [9.17, 15) is 0 Å². The molecule has 5 heteroatoms. The Kier molecular flexibility index (Phi) is 6.56. The topological polar surface area (TPSA) is 36.3 Å². The highest BCUT2D eigenvalue weighted by Gasteiger charge is 2.32. The molecular weight excluding hydrogens is 336 g/mol. The first kappa shape index (κ1) is 19.1. The predicted molar refractivity (Wildman–Crippen MR) is 107 cm³/mol. The molecule has 0 unspecified atom stereocenters. The minimum Gasteiger partial charge on any atom is -0.383 e. The summed E-state index contributed by atoms with van der Waals surface area (Å²) in [7, 11) is 3.86. The summed E-state index contributed by atoms with van der Waals surface area (Å²) in [5.41, 5.74) is 2.35. The summed E-state index contributed by atoms with van der Waals surface area (Å²) in [6.07, 6.45) is 5.22. The van der Waals surface area contributed by atoms with Crippen molar-refractivity contribution in [3.8, 4) is 6.07 Å². The third-order valence-corrected chi connectivity index (χ3v) is 6.61. The van der Waals surface area contributed by atoms with Crippen molar-refractivity contribution in [1.82, 2.24) is 0 Å². The molecule has 0 atom stereocenters. The van der Waals surface area contributed by atoms with Crippen LogP contribution in [0.25, 0.3) is 4.91 Å². The predicted octanol–water partition coefficient (Wildman–Crippen LogP) is 5.06. The van der Waals surface area contributed by atoms with Gasteiger partial charge < -0.3 is 9.64 Å². The molecule has 1 aliphatic carbocycles. The summed E-state index contributed by atoms with van der Waals surface area (Å²) in [6.45, 7) is 8.20. The van der Waals surface area contributed by atoms with Gasteiger partial charge >= 0.3 is 0 Å². The van der Waals surface area contributed by atoms with Gasteiger partial charge in [-0.25, -0.2) is 0 Å². The van der Waals surface area contributed by atoms with Crippen molar-refractivity contribution < 1.29 is 4.74 Å². The van der Waals surface area contributed by atoms with E-state index in [1.807, 2.05) is 30.0 Å². The second-order valence-corrected chi connectivity index (χ2v) is 8.57. The van der Waals surface area contributed by atoms with Crippen molar-refractivity contribution in [2.75, 3.05) is 38.0 Å². The molecule has 130 valence electrons. The number of nitrogens with zero attached hydrogens (tertiary/aromatic N) is 2. The summed E-state index contributed by atoms with van der Waals surface area (Å²) in [5.74, 6) is 0.852. The van der Waals surface area contributed by atoms with Gasteiger partial charge in [-0.15, -0.1) is 23.1 Å². The van der Waals surface area contributed by atoms with Crippen LogP contribution in [0.2, 0.25) is 0 Å². The van der Waals surface area contributed by atoms with Gasteiger partial charge in [0, 0.05) is 47.2 Å². The molecule has 1 aromatic rings. The number of hydrogen-bond donors (Lipinski definition) is 0. The highest BCUT2D eigenvalue weighted by Crippen LogP contribution is 2.50. The van der Waals surface area contributed by atoms with E-state index in [2.05, 4.69) is 50.1 Å². The summed E-state index contributed by atoms with van der Waals surface area (Å²) < 4.78 is 5.18. The lowest BCUT2D eigenvalue weighted by Gasteiger charge is -2.18. The van der Waals surface area contributed by atoms with Crippen LogP contribution in [0, 0.1) is 11.3 Å². The number of allylic oxidation sites excluding steroid dienone is 2. The van der Waals surface area contributed by atoms with E-state index in [4.69, 9.17) is 10.00 Å². The van der Waals surface area contributed by atoms with E-state index < -0.39 is 0 Å². The van der Waals surface area contributed by atoms with Crippen molar-refractivity contribution in [3.63, 3.8) is 0 Å². The molecule has 1 heterocycles. The Labute approximate surface area is 154 Å². The van der Waals surface area contributed by atoms with Crippen LogP contribution in [0.4, 0.5) is 5.00 Å². The zero-order valence-corrected chi connectivity index (χ0v) is 16.8. The van der Waals surface area contributed by atoms with Gasteiger partial charge in [0.1, 0.15) is 0 Å². The van der Waals surface area contributed by atoms with Crippen LogP contribution in [0.15, 0.2) is 23.8 Å². The summed E-state index contributed by atoms with van der Waals surface area (Å²) in [5, 5.41) is 10.3. The maximum Gasteiger partial charge on any atom is 0.0943 e. The van der Waals surface area contributed by atoms with E-state index in [-0.39, 0.29) is 5.41 Å². The van der Waals surface area contributed by atoms with Gasteiger partial charge in [-0.3, -0.25) is 0 Å². The second-order valence-electron chi connectivity index (χ2n) is 6.48. The lowest BCUT2D eigenvalue weighted by Crippen LogP contribution is -2.21. The summed E-state index contributed by atoms with van der Waals surface area (Å²) in [6, 6.07) is 4.59. The van der Waals surface area contributed by atoms with Gasteiger partial charge in [0.2, 0.25) is 0 Å². The van der Waals surface area contributed by atoms with Gasteiger partial charge in [-0.2, -0.15) is 5.26 Å². The number of fused-ring (bicyclic) bond motifs is 1. The minimum atomic E-state index is 0.0705. The Balaban J connectivity index is 2.16. The Hall–Kier alpha value is -1.22. The van der Waals surface area contributed by atoms with Crippen LogP contribution in [-0.2, 0) is 10.2 Å². The average Bonchev–Trinajstić information content (AvgIpc) is 3.10. The van der Waals surface area contributed by atoms with E-state index in [1.54, 1.807) is 7.11 Å². The third kappa shape index (κ3) is 4.24. The van der Waals surface area contributed by atoms with Gasteiger partial charge in [0.05, 0.1) is 17.7 Å². The highest BCUT2D eigenvalue weighted by molar-refractivity contribution is 8.08. The van der Waals surface area contributed by atoms with Crippen LogP contribution in [0.3, 0.4) is 0 Å². The molecule has 0 aromatic carbocycles. The van der Waals surface area contributed by atoms with Crippen LogP contribution in [0.5, 0.6) is 0 Å². The lowest BCUT2D eigenvalue weighted by molar-refractivity contribution is 0.206. The van der Waals surface area contributed by atoms with E-state index >= 15 is 0 Å². The van der Waals surface area contributed by atoms with Crippen molar-refractivity contribution >= 4 is 33.0 Å². The molecule has 0 amide bonds. The molecule has 0 bridgehead atoms. The van der Waals surface area contributed by atoms with Crippen molar-refractivity contribution in [2.24, 2.45) is 0 Å². The first-order chi connectivity index (χ1) is 11.4. The lowest BCUT2D eigenvalue weighted by atomic mass is 9.89. The maximum atomic E-state index is 9.04. The largest absolute Gasteiger partial charge is 0.383 e. The second kappa shape index (κ2) is 8.24. The average molecular weight is 363 g/mol. The number of ether oxygens (including phenoxy) is 1. The fourth-order valence-electron chi connectivity index (χ4n) is 2.65. The number of likely N-dealkylation sites (N-methyl/N-ethyl adjacent to an activating group) is 1. The monoisotopic (exact) mass is 362 g/mol. The molecule has 0 saturated carbocycles. The maximum absolute atomic E-state index is 9.04. The third-order valence-electron chi connectivity index (χ3n) is 4.23. The fourth-order valence-corrected chi connectivity index (χ4v) is 5.25. The van der Waals surface area contributed by atoms with E-state index in [1.165, 1.54) is 20.3 Å². The number of rotatable bonds is 8. The van der Waals surface area contributed by atoms with Crippen LogP contribution >= 0.6 is 23.1 Å². The Bertz CT molecular complexity index is 680. The molecule has 24 heavy (non-hydrogen) atoms. The molecule has 3 nitrogen and oxygen atoms in total. The molecule has 2 rings (SSSR count). The molecular formula is C19H26N2OS2.